The summed E-state index contributed by atoms with van der Waals surface area (Å²) in [5, 5.41) is 10.0. The van der Waals surface area contributed by atoms with Gasteiger partial charge in [-0.25, -0.2) is 9.00 Å². The molecule has 2 N–H and O–H groups in total. The van der Waals surface area contributed by atoms with E-state index in [0.29, 0.717) is 25.1 Å². The van der Waals surface area contributed by atoms with E-state index in [1.807, 2.05) is 24.3 Å². The number of hydrogen-bond donors (Lipinski definition) is 2. The van der Waals surface area contributed by atoms with Gasteiger partial charge in [0.1, 0.15) is 0 Å². The first-order chi connectivity index (χ1) is 14.5. The predicted molar refractivity (Wildman–Crippen MR) is 117 cm³/mol. The zero-order chi connectivity index (χ0) is 21.5. The van der Waals surface area contributed by atoms with E-state index < -0.39 is 17.2 Å². The van der Waals surface area contributed by atoms with E-state index in [4.69, 9.17) is 4.74 Å². The van der Waals surface area contributed by atoms with Gasteiger partial charge in [0.15, 0.2) is 0 Å². The second kappa shape index (κ2) is 10.7. The van der Waals surface area contributed by atoms with Gasteiger partial charge in [-0.15, -0.1) is 0 Å². The molecule has 162 valence electrons. The molecule has 2 atom stereocenters. The largest absolute Gasteiger partial charge is 0.465 e. The molecule has 1 aliphatic heterocycles. The van der Waals surface area contributed by atoms with Gasteiger partial charge >= 0.3 is 5.97 Å². The number of piperidine rings is 1. The zero-order valence-corrected chi connectivity index (χ0v) is 17.9. The van der Waals surface area contributed by atoms with Gasteiger partial charge in [-0.3, -0.25) is 4.55 Å². The number of nitrogens with zero attached hydrogens (tertiary/aromatic N) is 2. The summed E-state index contributed by atoms with van der Waals surface area (Å²) < 4.78 is 27.8. The summed E-state index contributed by atoms with van der Waals surface area (Å²) in [5.74, 6) is -0.413. The molecular formula is C22H28N2O5S. The minimum atomic E-state index is -2.12. The molecule has 7 nitrogen and oxygen atoms in total. The van der Waals surface area contributed by atoms with Gasteiger partial charge in [-0.2, -0.15) is 4.31 Å². The van der Waals surface area contributed by atoms with Crippen LogP contribution in [0.3, 0.4) is 0 Å². The summed E-state index contributed by atoms with van der Waals surface area (Å²) in [6.07, 6.45) is 2.06. The van der Waals surface area contributed by atoms with Crippen LogP contribution in [-0.2, 0) is 29.0 Å². The van der Waals surface area contributed by atoms with Crippen molar-refractivity contribution in [2.75, 3.05) is 31.6 Å². The molecule has 30 heavy (non-hydrogen) atoms. The molecule has 0 aromatic heterocycles. The van der Waals surface area contributed by atoms with E-state index >= 15 is 0 Å². The van der Waals surface area contributed by atoms with Crippen molar-refractivity contribution in [1.82, 2.24) is 4.31 Å². The normalized spacial score (nSPS) is 17.7. The van der Waals surface area contributed by atoms with Crippen molar-refractivity contribution in [3.05, 3.63) is 65.2 Å². The zero-order valence-electron chi connectivity index (χ0n) is 17.1. The van der Waals surface area contributed by atoms with Gasteiger partial charge in [0, 0.05) is 31.9 Å². The van der Waals surface area contributed by atoms with Crippen LogP contribution in [0.15, 0.2) is 48.5 Å². The third-order valence-electron chi connectivity index (χ3n) is 5.31. The topological polar surface area (TPSA) is 90.3 Å². The maximum absolute atomic E-state index is 11.9. The van der Waals surface area contributed by atoms with Crippen molar-refractivity contribution in [3.8, 4) is 0 Å². The van der Waals surface area contributed by atoms with Gasteiger partial charge < -0.3 is 14.7 Å². The van der Waals surface area contributed by atoms with E-state index in [0.717, 1.165) is 36.2 Å². The fourth-order valence-electron chi connectivity index (χ4n) is 3.73. The van der Waals surface area contributed by atoms with E-state index in [9.17, 15) is 18.7 Å². The maximum atomic E-state index is 11.9. The van der Waals surface area contributed by atoms with Crippen LogP contribution in [0.1, 0.15) is 34.3 Å². The lowest BCUT2D eigenvalue weighted by molar-refractivity contribution is 0.0600. The highest BCUT2D eigenvalue weighted by atomic mass is 32.2. The fourth-order valence-corrected chi connectivity index (χ4v) is 4.24. The molecule has 1 heterocycles. The van der Waals surface area contributed by atoms with Crippen LogP contribution in [0, 0.1) is 0 Å². The molecule has 1 fully saturated rings. The standard InChI is InChI=1S/C22H28N2O5S/c1-29-22(26)19-10-8-17(9-11-19)15-24(30(27)28)14-12-18-5-2-3-7-21(18)23-13-4-6-20(25)16-23/h2-3,5,7-11,20,25H,4,6,12-16H2,1H3,(H,27,28). The summed E-state index contributed by atoms with van der Waals surface area (Å²) in [4.78, 5) is 13.7. The third-order valence-corrected chi connectivity index (χ3v) is 6.07. The Bertz CT molecular complexity index is 874. The van der Waals surface area contributed by atoms with Crippen molar-refractivity contribution in [2.45, 2.75) is 31.9 Å². The lowest BCUT2D eigenvalue weighted by Gasteiger charge is -2.33. The van der Waals surface area contributed by atoms with Gasteiger partial charge in [0.25, 0.3) is 0 Å². The Morgan fingerprint density at radius 2 is 1.97 bits per heavy atom. The molecule has 3 rings (SSSR count). The number of aliphatic hydroxyl groups is 1. The first-order valence-electron chi connectivity index (χ1n) is 10.0. The number of aliphatic hydroxyl groups excluding tert-OH is 1. The van der Waals surface area contributed by atoms with E-state index in [1.165, 1.54) is 11.4 Å². The van der Waals surface area contributed by atoms with Crippen LogP contribution in [0.5, 0.6) is 0 Å². The first-order valence-corrected chi connectivity index (χ1v) is 11.1. The summed E-state index contributed by atoms with van der Waals surface area (Å²) in [6, 6.07) is 14.8. The smallest absolute Gasteiger partial charge is 0.337 e. The molecule has 0 aliphatic carbocycles. The van der Waals surface area contributed by atoms with E-state index in [2.05, 4.69) is 4.90 Å². The number of rotatable bonds is 8. The molecule has 2 aromatic rings. The number of para-hydroxylation sites is 1. The molecule has 0 spiro atoms. The molecule has 1 aliphatic rings. The second-order valence-electron chi connectivity index (χ2n) is 7.40. The molecule has 8 heteroatoms. The minimum Gasteiger partial charge on any atom is -0.465 e. The van der Waals surface area contributed by atoms with Crippen LogP contribution >= 0.6 is 0 Å². The number of esters is 1. The quantitative estimate of drug-likeness (QED) is 0.492. The Hall–Kier alpha value is -2.26. The molecule has 0 bridgehead atoms. The average Bonchev–Trinajstić information content (AvgIpc) is 2.76. The Kier molecular flexibility index (Phi) is 7.98. The summed E-state index contributed by atoms with van der Waals surface area (Å²) in [7, 11) is 1.33. The van der Waals surface area contributed by atoms with Gasteiger partial charge in [-0.05, 0) is 48.6 Å². The van der Waals surface area contributed by atoms with Gasteiger partial charge in [-0.1, -0.05) is 30.3 Å². The highest BCUT2D eigenvalue weighted by molar-refractivity contribution is 7.76. The molecule has 2 aromatic carbocycles. The summed E-state index contributed by atoms with van der Waals surface area (Å²) in [5.41, 5.74) is 3.43. The number of anilines is 1. The molecular weight excluding hydrogens is 404 g/mol. The van der Waals surface area contributed by atoms with Gasteiger partial charge in [0.05, 0.1) is 18.8 Å². The molecule has 0 amide bonds. The van der Waals surface area contributed by atoms with Crippen LogP contribution in [0.25, 0.3) is 0 Å². The van der Waals surface area contributed by atoms with Crippen LogP contribution < -0.4 is 4.90 Å². The Morgan fingerprint density at radius 3 is 2.63 bits per heavy atom. The van der Waals surface area contributed by atoms with Gasteiger partial charge in [0.2, 0.25) is 11.3 Å². The number of β-amino-alcohol motifs (C(OH)–C–C–N with tert-alkyl or cyclic N) is 1. The fraction of sp³-hybridized carbons (Fsp3) is 0.409. The second-order valence-corrected chi connectivity index (χ2v) is 8.38. The summed E-state index contributed by atoms with van der Waals surface area (Å²) >= 11 is -2.12. The average molecular weight is 433 g/mol. The SMILES string of the molecule is COC(=O)c1ccc(CN(CCc2ccccc2N2CCCC(O)C2)S(=O)O)cc1. The molecule has 1 saturated heterocycles. The maximum Gasteiger partial charge on any atom is 0.337 e. The highest BCUT2D eigenvalue weighted by Gasteiger charge is 2.20. The lowest BCUT2D eigenvalue weighted by atomic mass is 10.0. The van der Waals surface area contributed by atoms with Crippen LogP contribution in [-0.4, -0.2) is 57.0 Å². The molecule has 0 radical (unpaired) electrons. The van der Waals surface area contributed by atoms with Crippen molar-refractivity contribution in [1.29, 1.82) is 0 Å². The van der Waals surface area contributed by atoms with Crippen molar-refractivity contribution in [3.63, 3.8) is 0 Å². The lowest BCUT2D eigenvalue weighted by Crippen LogP contribution is -2.39. The summed E-state index contributed by atoms with van der Waals surface area (Å²) in [6.45, 7) is 2.19. The number of ether oxygens (including phenoxy) is 1. The van der Waals surface area contributed by atoms with Crippen molar-refractivity contribution >= 4 is 22.9 Å². The van der Waals surface area contributed by atoms with Crippen LogP contribution in [0.4, 0.5) is 5.69 Å². The Balaban J connectivity index is 1.67. The first kappa shape index (κ1) is 22.4. The highest BCUT2D eigenvalue weighted by Crippen LogP contribution is 2.25. The van der Waals surface area contributed by atoms with E-state index in [1.54, 1.807) is 24.3 Å². The number of carbonyl (C=O) groups is 1. The minimum absolute atomic E-state index is 0.287. The van der Waals surface area contributed by atoms with Crippen molar-refractivity contribution in [2.24, 2.45) is 0 Å². The number of carbonyl (C=O) groups excluding carboxylic acids is 1. The molecule has 0 saturated carbocycles. The number of methoxy groups -OCH3 is 1. The van der Waals surface area contributed by atoms with Crippen molar-refractivity contribution < 1.29 is 23.4 Å². The third kappa shape index (κ3) is 5.89. The number of hydrogen-bond acceptors (Lipinski definition) is 5. The predicted octanol–water partition coefficient (Wildman–Crippen LogP) is 2.62. The monoisotopic (exact) mass is 432 g/mol. The van der Waals surface area contributed by atoms with E-state index in [-0.39, 0.29) is 12.6 Å². The Labute approximate surface area is 179 Å². The molecule has 2 unspecified atom stereocenters. The Morgan fingerprint density at radius 1 is 1.23 bits per heavy atom. The van der Waals surface area contributed by atoms with Crippen LogP contribution in [0.2, 0.25) is 0 Å². The number of benzene rings is 2.